The van der Waals surface area contributed by atoms with Gasteiger partial charge in [0.05, 0.1) is 6.61 Å². The summed E-state index contributed by atoms with van der Waals surface area (Å²) < 4.78 is 5.33. The third kappa shape index (κ3) is 5.50. The van der Waals surface area contributed by atoms with Gasteiger partial charge in [-0.15, -0.1) is 0 Å². The Bertz CT molecular complexity index is 251. The normalized spacial score (nSPS) is 12.7. The Labute approximate surface area is 91.9 Å². The molecule has 3 nitrogen and oxygen atoms in total. The lowest BCUT2D eigenvalue weighted by atomic mass is 10.2. The molecular weight excluding hydrogens is 188 g/mol. The molecule has 1 heterocycles. The third-order valence-corrected chi connectivity index (χ3v) is 2.23. The molecule has 1 atom stereocenters. The van der Waals surface area contributed by atoms with Crippen LogP contribution in [0.4, 0.5) is 0 Å². The zero-order valence-electron chi connectivity index (χ0n) is 9.57. The Balaban J connectivity index is 2.11. The molecule has 0 aliphatic heterocycles. The molecule has 84 valence electrons. The maximum atomic E-state index is 5.33. The zero-order chi connectivity index (χ0) is 10.9. The molecule has 1 N–H and O–H groups in total. The molecule has 0 aromatic carbocycles. The van der Waals surface area contributed by atoms with Crippen molar-refractivity contribution in [2.45, 2.75) is 26.3 Å². The highest BCUT2D eigenvalue weighted by Gasteiger charge is 1.99. The molecule has 1 aromatic heterocycles. The monoisotopic (exact) mass is 208 g/mol. The molecule has 0 aliphatic rings. The Kier molecular flexibility index (Phi) is 5.97. The molecule has 1 unspecified atom stereocenters. The summed E-state index contributed by atoms with van der Waals surface area (Å²) in [6.07, 6.45) is 4.71. The smallest absolute Gasteiger partial charge is 0.0616 e. The molecule has 1 aromatic rings. The SMILES string of the molecule is CCOCC(C)NCCc1ccncc1. The van der Waals surface area contributed by atoms with Crippen LogP contribution in [0.15, 0.2) is 24.5 Å². The van der Waals surface area contributed by atoms with E-state index in [0.717, 1.165) is 26.2 Å². The van der Waals surface area contributed by atoms with Crippen molar-refractivity contribution in [1.82, 2.24) is 10.3 Å². The lowest BCUT2D eigenvalue weighted by molar-refractivity contribution is 0.127. The topological polar surface area (TPSA) is 34.1 Å². The largest absolute Gasteiger partial charge is 0.380 e. The van der Waals surface area contributed by atoms with E-state index in [9.17, 15) is 0 Å². The van der Waals surface area contributed by atoms with Crippen LogP contribution in [0.3, 0.4) is 0 Å². The molecule has 0 amide bonds. The van der Waals surface area contributed by atoms with E-state index in [4.69, 9.17) is 4.74 Å². The van der Waals surface area contributed by atoms with Crippen molar-refractivity contribution in [1.29, 1.82) is 0 Å². The minimum Gasteiger partial charge on any atom is -0.380 e. The number of pyridine rings is 1. The highest BCUT2D eigenvalue weighted by Crippen LogP contribution is 1.96. The summed E-state index contributed by atoms with van der Waals surface area (Å²) >= 11 is 0. The molecule has 0 radical (unpaired) electrons. The van der Waals surface area contributed by atoms with E-state index in [0.29, 0.717) is 6.04 Å². The number of rotatable bonds is 7. The summed E-state index contributed by atoms with van der Waals surface area (Å²) in [7, 11) is 0. The highest BCUT2D eigenvalue weighted by molar-refractivity contribution is 5.09. The van der Waals surface area contributed by atoms with Gasteiger partial charge in [-0.3, -0.25) is 4.98 Å². The molecule has 0 aliphatic carbocycles. The Morgan fingerprint density at radius 3 is 2.80 bits per heavy atom. The lowest BCUT2D eigenvalue weighted by Gasteiger charge is -2.13. The van der Waals surface area contributed by atoms with Crippen LogP contribution in [0.25, 0.3) is 0 Å². The van der Waals surface area contributed by atoms with Crippen molar-refractivity contribution < 1.29 is 4.74 Å². The van der Waals surface area contributed by atoms with Crippen molar-refractivity contribution in [3.8, 4) is 0 Å². The van der Waals surface area contributed by atoms with Gasteiger partial charge in [-0.1, -0.05) is 0 Å². The summed E-state index contributed by atoms with van der Waals surface area (Å²) in [6.45, 7) is 6.72. The van der Waals surface area contributed by atoms with Crippen LogP contribution in [0.5, 0.6) is 0 Å². The van der Waals surface area contributed by atoms with Gasteiger partial charge in [0, 0.05) is 25.0 Å². The Morgan fingerprint density at radius 2 is 2.13 bits per heavy atom. The van der Waals surface area contributed by atoms with Crippen LogP contribution >= 0.6 is 0 Å². The molecule has 0 fully saturated rings. The number of nitrogens with one attached hydrogen (secondary N) is 1. The summed E-state index contributed by atoms with van der Waals surface area (Å²) in [5.74, 6) is 0. The minimum absolute atomic E-state index is 0.423. The zero-order valence-corrected chi connectivity index (χ0v) is 9.57. The first kappa shape index (κ1) is 12.1. The quantitative estimate of drug-likeness (QED) is 0.739. The standard InChI is InChI=1S/C12H20N2O/c1-3-15-10-11(2)14-9-6-12-4-7-13-8-5-12/h4-5,7-8,11,14H,3,6,9-10H2,1-2H3. The van der Waals surface area contributed by atoms with Crippen molar-refractivity contribution in [3.05, 3.63) is 30.1 Å². The summed E-state index contributed by atoms with van der Waals surface area (Å²) in [5.41, 5.74) is 1.32. The number of nitrogens with zero attached hydrogens (tertiary/aromatic N) is 1. The van der Waals surface area contributed by atoms with Crippen LogP contribution in [0.1, 0.15) is 19.4 Å². The maximum Gasteiger partial charge on any atom is 0.0616 e. The highest BCUT2D eigenvalue weighted by atomic mass is 16.5. The Hall–Kier alpha value is -0.930. The van der Waals surface area contributed by atoms with Gasteiger partial charge in [-0.05, 0) is 44.5 Å². The minimum atomic E-state index is 0.423. The molecule has 0 bridgehead atoms. The van der Waals surface area contributed by atoms with Gasteiger partial charge in [0.15, 0.2) is 0 Å². The fourth-order valence-corrected chi connectivity index (χ4v) is 1.37. The predicted octanol–water partition coefficient (Wildman–Crippen LogP) is 1.64. The second kappa shape index (κ2) is 7.37. The molecule has 1 rings (SSSR count). The van der Waals surface area contributed by atoms with Crippen molar-refractivity contribution in [2.24, 2.45) is 0 Å². The summed E-state index contributed by atoms with van der Waals surface area (Å²) in [4.78, 5) is 3.99. The number of hydrogen-bond acceptors (Lipinski definition) is 3. The molecule has 0 saturated heterocycles. The van der Waals surface area contributed by atoms with Crippen LogP contribution in [0, 0.1) is 0 Å². The van der Waals surface area contributed by atoms with E-state index in [1.165, 1.54) is 5.56 Å². The van der Waals surface area contributed by atoms with Crippen molar-refractivity contribution in [2.75, 3.05) is 19.8 Å². The lowest BCUT2D eigenvalue weighted by Crippen LogP contribution is -2.32. The van der Waals surface area contributed by atoms with Gasteiger partial charge in [-0.25, -0.2) is 0 Å². The Morgan fingerprint density at radius 1 is 1.40 bits per heavy atom. The van der Waals surface area contributed by atoms with E-state index in [2.05, 4.69) is 29.4 Å². The summed E-state index contributed by atoms with van der Waals surface area (Å²) in [6, 6.07) is 4.52. The van der Waals surface area contributed by atoms with Crippen molar-refractivity contribution in [3.63, 3.8) is 0 Å². The summed E-state index contributed by atoms with van der Waals surface area (Å²) in [5, 5.41) is 3.42. The molecule has 0 saturated carbocycles. The van der Waals surface area contributed by atoms with E-state index < -0.39 is 0 Å². The first-order chi connectivity index (χ1) is 7.33. The maximum absolute atomic E-state index is 5.33. The number of ether oxygens (including phenoxy) is 1. The molecular formula is C12H20N2O. The molecule has 15 heavy (non-hydrogen) atoms. The predicted molar refractivity (Wildman–Crippen MR) is 61.9 cm³/mol. The van der Waals surface area contributed by atoms with E-state index in [-0.39, 0.29) is 0 Å². The van der Waals surface area contributed by atoms with E-state index in [1.807, 2.05) is 19.3 Å². The van der Waals surface area contributed by atoms with E-state index in [1.54, 1.807) is 0 Å². The molecule has 0 spiro atoms. The molecule has 3 heteroatoms. The van der Waals surface area contributed by atoms with Gasteiger partial charge in [0.2, 0.25) is 0 Å². The fourth-order valence-electron chi connectivity index (χ4n) is 1.37. The van der Waals surface area contributed by atoms with Gasteiger partial charge in [-0.2, -0.15) is 0 Å². The van der Waals surface area contributed by atoms with Crippen LogP contribution in [0.2, 0.25) is 0 Å². The first-order valence-corrected chi connectivity index (χ1v) is 5.53. The average molecular weight is 208 g/mol. The number of hydrogen-bond donors (Lipinski definition) is 1. The van der Waals surface area contributed by atoms with Gasteiger partial charge < -0.3 is 10.1 Å². The average Bonchev–Trinajstić information content (AvgIpc) is 2.28. The van der Waals surface area contributed by atoms with Gasteiger partial charge in [0.1, 0.15) is 0 Å². The second-order valence-corrected chi connectivity index (χ2v) is 3.62. The van der Waals surface area contributed by atoms with E-state index >= 15 is 0 Å². The van der Waals surface area contributed by atoms with Crippen LogP contribution < -0.4 is 5.32 Å². The third-order valence-electron chi connectivity index (χ3n) is 2.23. The number of aromatic nitrogens is 1. The van der Waals surface area contributed by atoms with Crippen molar-refractivity contribution >= 4 is 0 Å². The fraction of sp³-hybridized carbons (Fsp3) is 0.583. The second-order valence-electron chi connectivity index (χ2n) is 3.62. The first-order valence-electron chi connectivity index (χ1n) is 5.53. The van der Waals surface area contributed by atoms with Crippen LogP contribution in [-0.4, -0.2) is 30.8 Å². The van der Waals surface area contributed by atoms with Crippen LogP contribution in [-0.2, 0) is 11.2 Å². The van der Waals surface area contributed by atoms with Gasteiger partial charge in [0.25, 0.3) is 0 Å². The van der Waals surface area contributed by atoms with Gasteiger partial charge >= 0.3 is 0 Å².